The summed E-state index contributed by atoms with van der Waals surface area (Å²) in [5.74, 6) is 0.220. The first kappa shape index (κ1) is 22.0. The predicted octanol–water partition coefficient (Wildman–Crippen LogP) is 5.03. The van der Waals surface area contributed by atoms with E-state index in [1.54, 1.807) is 30.3 Å². The zero-order valence-corrected chi connectivity index (χ0v) is 18.5. The molecule has 2 aromatic carbocycles. The molecule has 0 atom stereocenters. The van der Waals surface area contributed by atoms with E-state index < -0.39 is 18.5 Å². The van der Waals surface area contributed by atoms with Crippen molar-refractivity contribution in [2.24, 2.45) is 0 Å². The van der Waals surface area contributed by atoms with Gasteiger partial charge in [-0.05, 0) is 12.1 Å². The van der Waals surface area contributed by atoms with Gasteiger partial charge in [0.15, 0.2) is 6.61 Å². The summed E-state index contributed by atoms with van der Waals surface area (Å²) in [6.07, 6.45) is 0. The summed E-state index contributed by atoms with van der Waals surface area (Å²) < 4.78 is 21.2. The average Bonchev–Trinajstić information content (AvgIpc) is 3.09. The van der Waals surface area contributed by atoms with Crippen molar-refractivity contribution in [3.8, 4) is 17.2 Å². The summed E-state index contributed by atoms with van der Waals surface area (Å²) in [4.78, 5) is 24.8. The molecular weight excluding hydrogens is 453 g/mol. The molecule has 0 aliphatic heterocycles. The fourth-order valence-electron chi connectivity index (χ4n) is 2.64. The van der Waals surface area contributed by atoms with E-state index in [1.807, 2.05) is 0 Å². The van der Waals surface area contributed by atoms with E-state index in [2.05, 4.69) is 5.32 Å². The van der Waals surface area contributed by atoms with Crippen LogP contribution in [0.1, 0.15) is 9.67 Å². The maximum absolute atomic E-state index is 12.5. The molecule has 3 rings (SSSR count). The van der Waals surface area contributed by atoms with Crippen molar-refractivity contribution in [3.05, 3.63) is 45.3 Å². The van der Waals surface area contributed by atoms with E-state index in [-0.39, 0.29) is 9.90 Å². The Kier molecular flexibility index (Phi) is 6.91. The molecule has 30 heavy (non-hydrogen) atoms. The summed E-state index contributed by atoms with van der Waals surface area (Å²) >= 11 is 13.7. The van der Waals surface area contributed by atoms with Gasteiger partial charge in [-0.25, -0.2) is 4.79 Å². The first-order chi connectivity index (χ1) is 14.4. The number of methoxy groups -OCH3 is 3. The highest BCUT2D eigenvalue weighted by Gasteiger charge is 2.22. The molecule has 0 unspecified atom stereocenters. The van der Waals surface area contributed by atoms with E-state index in [9.17, 15) is 9.59 Å². The van der Waals surface area contributed by atoms with Gasteiger partial charge in [0.2, 0.25) is 0 Å². The Labute approximate surface area is 186 Å². The first-order valence-corrected chi connectivity index (χ1v) is 10.1. The van der Waals surface area contributed by atoms with Gasteiger partial charge in [0.05, 0.1) is 31.1 Å². The van der Waals surface area contributed by atoms with Crippen LogP contribution in [0.15, 0.2) is 30.3 Å². The first-order valence-electron chi connectivity index (χ1n) is 8.52. The molecule has 0 saturated carbocycles. The summed E-state index contributed by atoms with van der Waals surface area (Å²) in [5, 5.41) is 3.79. The molecule has 1 N–H and O–H groups in total. The minimum absolute atomic E-state index is 0.151. The zero-order valence-electron chi connectivity index (χ0n) is 16.2. The van der Waals surface area contributed by atoms with E-state index >= 15 is 0 Å². The second kappa shape index (κ2) is 9.42. The van der Waals surface area contributed by atoms with Crippen molar-refractivity contribution in [1.82, 2.24) is 0 Å². The van der Waals surface area contributed by atoms with Crippen molar-refractivity contribution in [2.75, 3.05) is 33.3 Å². The van der Waals surface area contributed by atoms with Gasteiger partial charge in [0.1, 0.15) is 27.1 Å². The molecule has 0 spiro atoms. The van der Waals surface area contributed by atoms with Crippen molar-refractivity contribution < 1.29 is 28.5 Å². The average molecular weight is 470 g/mol. The van der Waals surface area contributed by atoms with Gasteiger partial charge in [-0.1, -0.05) is 23.2 Å². The van der Waals surface area contributed by atoms with Crippen LogP contribution in [0.3, 0.4) is 0 Å². The number of ether oxygens (including phenoxy) is 4. The Balaban J connectivity index is 1.70. The smallest absolute Gasteiger partial charge is 0.350 e. The zero-order chi connectivity index (χ0) is 21.8. The maximum Gasteiger partial charge on any atom is 0.350 e. The third-order valence-electron chi connectivity index (χ3n) is 4.08. The fourth-order valence-corrected chi connectivity index (χ4v) is 4.42. The number of hydrogen-bond acceptors (Lipinski definition) is 7. The van der Waals surface area contributed by atoms with Gasteiger partial charge in [0.25, 0.3) is 5.91 Å². The number of benzene rings is 2. The second-order valence-corrected chi connectivity index (χ2v) is 7.71. The summed E-state index contributed by atoms with van der Waals surface area (Å²) in [7, 11) is 4.49. The number of carbonyl (C=O) groups excluding carboxylic acids is 2. The minimum atomic E-state index is -0.727. The molecule has 0 radical (unpaired) electrons. The van der Waals surface area contributed by atoms with E-state index in [0.717, 1.165) is 11.3 Å². The number of halogens is 2. The van der Waals surface area contributed by atoms with Crippen molar-refractivity contribution >= 4 is 62.2 Å². The van der Waals surface area contributed by atoms with Crippen LogP contribution in [0.25, 0.3) is 10.1 Å². The van der Waals surface area contributed by atoms with Crippen LogP contribution in [-0.4, -0.2) is 39.8 Å². The summed E-state index contributed by atoms with van der Waals surface area (Å²) in [5.41, 5.74) is 0.436. The maximum atomic E-state index is 12.5. The van der Waals surface area contributed by atoms with Gasteiger partial charge in [-0.3, -0.25) is 4.79 Å². The summed E-state index contributed by atoms with van der Waals surface area (Å²) in [6.45, 7) is -0.500. The molecule has 0 bridgehead atoms. The van der Waals surface area contributed by atoms with Gasteiger partial charge < -0.3 is 24.3 Å². The Morgan fingerprint density at radius 1 is 0.967 bits per heavy atom. The number of nitrogens with one attached hydrogen (secondary N) is 1. The third-order valence-corrected chi connectivity index (χ3v) is 6.27. The number of carbonyl (C=O) groups is 2. The normalized spacial score (nSPS) is 10.6. The van der Waals surface area contributed by atoms with Crippen LogP contribution >= 0.6 is 34.5 Å². The third kappa shape index (κ3) is 4.56. The van der Waals surface area contributed by atoms with Crippen LogP contribution in [-0.2, 0) is 9.53 Å². The molecule has 0 saturated heterocycles. The number of rotatable bonds is 7. The van der Waals surface area contributed by atoms with E-state index in [4.69, 9.17) is 42.1 Å². The van der Waals surface area contributed by atoms with Crippen LogP contribution < -0.4 is 19.5 Å². The van der Waals surface area contributed by atoms with E-state index in [1.165, 1.54) is 21.3 Å². The van der Waals surface area contributed by atoms with Gasteiger partial charge >= 0.3 is 5.97 Å². The van der Waals surface area contributed by atoms with E-state index in [0.29, 0.717) is 38.0 Å². The molecule has 0 aliphatic rings. The van der Waals surface area contributed by atoms with Crippen molar-refractivity contribution in [3.63, 3.8) is 0 Å². The molecule has 1 amide bonds. The standard InChI is InChI=1S/C20H17Cl2NO6S/c1-26-11-6-10(7-12(8-11)27-2)23-15(24)9-29-20(25)19-16(21)13-4-5-14(28-3)17(22)18(13)30-19/h4-8H,9H2,1-3H3,(H,23,24). The number of esters is 1. The monoisotopic (exact) mass is 469 g/mol. The molecule has 0 fully saturated rings. The number of anilines is 1. The van der Waals surface area contributed by atoms with Crippen LogP contribution in [0, 0.1) is 0 Å². The van der Waals surface area contributed by atoms with Gasteiger partial charge in [-0.2, -0.15) is 0 Å². The lowest BCUT2D eigenvalue weighted by atomic mass is 10.2. The van der Waals surface area contributed by atoms with Crippen LogP contribution in [0.4, 0.5) is 5.69 Å². The molecule has 158 valence electrons. The largest absolute Gasteiger partial charge is 0.497 e. The van der Waals surface area contributed by atoms with Crippen LogP contribution in [0.5, 0.6) is 17.2 Å². The topological polar surface area (TPSA) is 83.1 Å². The number of hydrogen-bond donors (Lipinski definition) is 1. The van der Waals surface area contributed by atoms with Crippen LogP contribution in [0.2, 0.25) is 10.0 Å². The molecule has 10 heteroatoms. The molecular formula is C20H17Cl2NO6S. The second-order valence-electron chi connectivity index (χ2n) is 5.93. The molecule has 1 aromatic heterocycles. The highest BCUT2D eigenvalue weighted by Crippen LogP contribution is 2.43. The minimum Gasteiger partial charge on any atom is -0.497 e. The lowest BCUT2D eigenvalue weighted by Gasteiger charge is -2.10. The Morgan fingerprint density at radius 3 is 2.23 bits per heavy atom. The molecule has 0 aliphatic carbocycles. The molecule has 1 heterocycles. The molecule has 7 nitrogen and oxygen atoms in total. The van der Waals surface area contributed by atoms with Crippen molar-refractivity contribution in [1.29, 1.82) is 0 Å². The predicted molar refractivity (Wildman–Crippen MR) is 117 cm³/mol. The number of amides is 1. The Bertz CT molecular complexity index is 1090. The highest BCUT2D eigenvalue weighted by atomic mass is 35.5. The molecule has 3 aromatic rings. The quantitative estimate of drug-likeness (QED) is 0.488. The Hall–Kier alpha value is -2.68. The number of thiophene rings is 1. The van der Waals surface area contributed by atoms with Crippen molar-refractivity contribution in [2.45, 2.75) is 0 Å². The lowest BCUT2D eigenvalue weighted by Crippen LogP contribution is -2.20. The lowest BCUT2D eigenvalue weighted by molar-refractivity contribution is -0.119. The number of fused-ring (bicyclic) bond motifs is 1. The van der Waals surface area contributed by atoms with Gasteiger partial charge in [0, 0.05) is 29.3 Å². The highest BCUT2D eigenvalue weighted by molar-refractivity contribution is 7.22. The fraction of sp³-hybridized carbons (Fsp3) is 0.200. The Morgan fingerprint density at radius 2 is 1.63 bits per heavy atom. The summed E-state index contributed by atoms with van der Waals surface area (Å²) in [6, 6.07) is 8.26. The SMILES string of the molecule is COc1cc(NC(=O)COC(=O)c2sc3c(Cl)c(OC)ccc3c2Cl)cc(OC)c1. The van der Waals surface area contributed by atoms with Gasteiger partial charge in [-0.15, -0.1) is 11.3 Å².